The molecule has 0 spiro atoms. The fourth-order valence-electron chi connectivity index (χ4n) is 2.61. The number of benzene rings is 1. The molecule has 2 rings (SSSR count). The van der Waals surface area contributed by atoms with E-state index in [4.69, 9.17) is 0 Å². The van der Waals surface area contributed by atoms with Gasteiger partial charge >= 0.3 is 0 Å². The van der Waals surface area contributed by atoms with E-state index in [1.807, 2.05) is 18.2 Å². The molecule has 2 unspecified atom stereocenters. The molecule has 1 aromatic carbocycles. The van der Waals surface area contributed by atoms with Crippen molar-refractivity contribution in [2.45, 2.75) is 51.1 Å². The first-order chi connectivity index (χ1) is 9.25. The molecule has 0 radical (unpaired) electrons. The highest BCUT2D eigenvalue weighted by molar-refractivity contribution is 5.82. The smallest absolute Gasteiger partial charge is 0.237 e. The van der Waals surface area contributed by atoms with Crippen LogP contribution in [0.15, 0.2) is 30.3 Å². The predicted molar refractivity (Wildman–Crippen MR) is 78.0 cm³/mol. The Labute approximate surface area is 115 Å². The van der Waals surface area contributed by atoms with Gasteiger partial charge in [0.05, 0.1) is 6.04 Å². The molecule has 1 aromatic rings. The van der Waals surface area contributed by atoms with Crippen LogP contribution in [-0.4, -0.2) is 24.5 Å². The van der Waals surface area contributed by atoms with Gasteiger partial charge in [0.25, 0.3) is 0 Å². The highest BCUT2D eigenvalue weighted by Gasteiger charge is 2.20. The number of hydrogen-bond acceptors (Lipinski definition) is 2. The SMILES string of the molecule is CC(Cc1ccccc1)NC(=O)C1CCCCCN1. The Kier molecular flexibility index (Phi) is 5.40. The van der Waals surface area contributed by atoms with Gasteiger partial charge in [0.2, 0.25) is 5.91 Å². The lowest BCUT2D eigenvalue weighted by Crippen LogP contribution is -2.47. The molecule has 0 saturated carbocycles. The van der Waals surface area contributed by atoms with E-state index in [2.05, 4.69) is 29.7 Å². The van der Waals surface area contributed by atoms with Crippen LogP contribution in [0.4, 0.5) is 0 Å². The number of carbonyl (C=O) groups is 1. The average molecular weight is 260 g/mol. The topological polar surface area (TPSA) is 41.1 Å². The van der Waals surface area contributed by atoms with Crippen molar-refractivity contribution in [3.8, 4) is 0 Å². The molecule has 0 bridgehead atoms. The first-order valence-electron chi connectivity index (χ1n) is 7.33. The average Bonchev–Trinajstić information content (AvgIpc) is 2.68. The summed E-state index contributed by atoms with van der Waals surface area (Å²) in [5, 5.41) is 6.46. The van der Waals surface area contributed by atoms with Gasteiger partial charge in [-0.15, -0.1) is 0 Å². The lowest BCUT2D eigenvalue weighted by molar-refractivity contribution is -0.123. The minimum atomic E-state index is 0.000670. The van der Waals surface area contributed by atoms with Crippen LogP contribution < -0.4 is 10.6 Å². The van der Waals surface area contributed by atoms with Gasteiger partial charge in [-0.05, 0) is 38.3 Å². The van der Waals surface area contributed by atoms with Crippen molar-refractivity contribution in [1.29, 1.82) is 0 Å². The third-order valence-electron chi connectivity index (χ3n) is 3.65. The molecular formula is C16H24N2O. The van der Waals surface area contributed by atoms with Gasteiger partial charge in [-0.3, -0.25) is 4.79 Å². The fraction of sp³-hybridized carbons (Fsp3) is 0.562. The standard InChI is InChI=1S/C16H24N2O/c1-13(12-14-8-4-2-5-9-14)18-16(19)15-10-6-3-7-11-17-15/h2,4-5,8-9,13,15,17H,3,6-7,10-12H2,1H3,(H,18,19). The third kappa shape index (κ3) is 4.67. The summed E-state index contributed by atoms with van der Waals surface area (Å²) in [6, 6.07) is 10.5. The molecule has 1 fully saturated rings. The van der Waals surface area contributed by atoms with Crippen LogP contribution in [0.5, 0.6) is 0 Å². The maximum atomic E-state index is 12.2. The Morgan fingerprint density at radius 2 is 2.11 bits per heavy atom. The van der Waals surface area contributed by atoms with Crippen LogP contribution in [-0.2, 0) is 11.2 Å². The van der Waals surface area contributed by atoms with Crippen molar-refractivity contribution < 1.29 is 4.79 Å². The van der Waals surface area contributed by atoms with E-state index >= 15 is 0 Å². The number of hydrogen-bond donors (Lipinski definition) is 2. The van der Waals surface area contributed by atoms with Gasteiger partial charge in [0, 0.05) is 6.04 Å². The van der Waals surface area contributed by atoms with Gasteiger partial charge in [0.1, 0.15) is 0 Å². The molecule has 3 heteroatoms. The van der Waals surface area contributed by atoms with Gasteiger partial charge in [-0.2, -0.15) is 0 Å². The largest absolute Gasteiger partial charge is 0.352 e. The van der Waals surface area contributed by atoms with Crippen molar-refractivity contribution in [3.63, 3.8) is 0 Å². The van der Waals surface area contributed by atoms with Crippen molar-refractivity contribution >= 4 is 5.91 Å². The van der Waals surface area contributed by atoms with E-state index in [9.17, 15) is 4.79 Å². The Hall–Kier alpha value is -1.35. The van der Waals surface area contributed by atoms with E-state index in [1.165, 1.54) is 18.4 Å². The highest BCUT2D eigenvalue weighted by atomic mass is 16.2. The summed E-state index contributed by atoms with van der Waals surface area (Å²) < 4.78 is 0. The molecule has 1 aliphatic rings. The van der Waals surface area contributed by atoms with Gasteiger partial charge in [-0.1, -0.05) is 43.2 Å². The minimum absolute atomic E-state index is 0.000670. The summed E-state index contributed by atoms with van der Waals surface area (Å²) in [5.74, 6) is 0.158. The van der Waals surface area contributed by atoms with Crippen molar-refractivity contribution in [3.05, 3.63) is 35.9 Å². The third-order valence-corrected chi connectivity index (χ3v) is 3.65. The van der Waals surface area contributed by atoms with Crippen molar-refractivity contribution in [2.24, 2.45) is 0 Å². The van der Waals surface area contributed by atoms with Crippen LogP contribution in [0.3, 0.4) is 0 Å². The normalized spacial score (nSPS) is 21.4. The van der Waals surface area contributed by atoms with Crippen molar-refractivity contribution in [1.82, 2.24) is 10.6 Å². The molecule has 0 aromatic heterocycles. The van der Waals surface area contributed by atoms with Crippen LogP contribution in [0.1, 0.15) is 38.2 Å². The Morgan fingerprint density at radius 3 is 2.89 bits per heavy atom. The zero-order valence-corrected chi connectivity index (χ0v) is 11.7. The van der Waals surface area contributed by atoms with E-state index in [0.717, 1.165) is 25.8 Å². The summed E-state index contributed by atoms with van der Waals surface area (Å²) in [5.41, 5.74) is 1.27. The highest BCUT2D eigenvalue weighted by Crippen LogP contribution is 2.09. The molecule has 2 atom stereocenters. The van der Waals surface area contributed by atoms with Crippen LogP contribution in [0.25, 0.3) is 0 Å². The molecule has 0 aliphatic carbocycles. The first-order valence-corrected chi connectivity index (χ1v) is 7.33. The number of carbonyl (C=O) groups excluding carboxylic acids is 1. The quantitative estimate of drug-likeness (QED) is 0.872. The van der Waals surface area contributed by atoms with Crippen LogP contribution in [0.2, 0.25) is 0 Å². The van der Waals surface area contributed by atoms with E-state index in [1.54, 1.807) is 0 Å². The molecule has 1 amide bonds. The Morgan fingerprint density at radius 1 is 1.32 bits per heavy atom. The maximum Gasteiger partial charge on any atom is 0.237 e. The molecule has 1 heterocycles. The molecule has 1 saturated heterocycles. The monoisotopic (exact) mass is 260 g/mol. The van der Waals surface area contributed by atoms with Gasteiger partial charge in [-0.25, -0.2) is 0 Å². The van der Waals surface area contributed by atoms with E-state index in [-0.39, 0.29) is 18.0 Å². The second kappa shape index (κ2) is 7.29. The Bertz CT molecular complexity index is 383. The molecule has 3 nitrogen and oxygen atoms in total. The first kappa shape index (κ1) is 14.1. The summed E-state index contributed by atoms with van der Waals surface area (Å²) in [6.45, 7) is 3.03. The van der Waals surface area contributed by atoms with Crippen molar-refractivity contribution in [2.75, 3.05) is 6.54 Å². The number of nitrogens with one attached hydrogen (secondary N) is 2. The second-order valence-electron chi connectivity index (χ2n) is 5.46. The van der Waals surface area contributed by atoms with Gasteiger partial charge in [0.15, 0.2) is 0 Å². The molecule has 19 heavy (non-hydrogen) atoms. The number of amides is 1. The zero-order valence-electron chi connectivity index (χ0n) is 11.7. The zero-order chi connectivity index (χ0) is 13.5. The second-order valence-corrected chi connectivity index (χ2v) is 5.46. The summed E-state index contributed by atoms with van der Waals surface area (Å²) in [6.07, 6.45) is 5.42. The predicted octanol–water partition coefficient (Wildman–Crippen LogP) is 2.27. The maximum absolute atomic E-state index is 12.2. The minimum Gasteiger partial charge on any atom is -0.352 e. The molecule has 1 aliphatic heterocycles. The lowest BCUT2D eigenvalue weighted by atomic mass is 10.1. The van der Waals surface area contributed by atoms with Gasteiger partial charge < -0.3 is 10.6 Å². The fourth-order valence-corrected chi connectivity index (χ4v) is 2.61. The van der Waals surface area contributed by atoms with E-state index in [0.29, 0.717) is 0 Å². The summed E-state index contributed by atoms with van der Waals surface area (Å²) >= 11 is 0. The lowest BCUT2D eigenvalue weighted by Gasteiger charge is -2.19. The van der Waals surface area contributed by atoms with Crippen LogP contribution in [0, 0.1) is 0 Å². The van der Waals surface area contributed by atoms with E-state index < -0.39 is 0 Å². The molecule has 104 valence electrons. The summed E-state index contributed by atoms with van der Waals surface area (Å²) in [7, 11) is 0. The Balaban J connectivity index is 1.80. The number of rotatable bonds is 4. The summed E-state index contributed by atoms with van der Waals surface area (Å²) in [4.78, 5) is 12.2. The molecule has 2 N–H and O–H groups in total. The van der Waals surface area contributed by atoms with Crippen LogP contribution >= 0.6 is 0 Å². The molecular weight excluding hydrogens is 236 g/mol.